The number of amides is 1. The van der Waals surface area contributed by atoms with Crippen LogP contribution < -0.4 is 15.1 Å². The summed E-state index contributed by atoms with van der Waals surface area (Å²) >= 11 is 0. The van der Waals surface area contributed by atoms with E-state index in [9.17, 15) is 18.4 Å². The molecule has 0 unspecified atom stereocenters. The van der Waals surface area contributed by atoms with Gasteiger partial charge in [0.1, 0.15) is 34.1 Å². The van der Waals surface area contributed by atoms with E-state index in [-0.39, 0.29) is 17.2 Å². The zero-order valence-electron chi connectivity index (χ0n) is 34.2. The van der Waals surface area contributed by atoms with Crippen molar-refractivity contribution >= 4 is 23.8 Å². The minimum Gasteiger partial charge on any atom is -0.478 e. The number of carbonyl (C=O) groups excluding carboxylic acids is 1. The predicted molar refractivity (Wildman–Crippen MR) is 220 cm³/mol. The number of carbonyl (C=O) groups is 2. The SMILES string of the molecule is Cc1cc(C)nc(N2C[C@H]3CN(C(=O)c4c(F)cccc4-n4nccn4)C[C@H]3C2)n1.Cc1cc(C)nc(N2C[C@H]3CNC[C@H]3C2)n1.O=C(O)c1c(F)cccc1-n1nccn1. The fourth-order valence-corrected chi connectivity index (χ4v) is 8.66. The molecule has 0 bridgehead atoms. The lowest BCUT2D eigenvalue weighted by Gasteiger charge is -2.23. The van der Waals surface area contributed by atoms with Gasteiger partial charge in [0.25, 0.3) is 5.91 Å². The molecule has 4 fully saturated rings. The molecule has 17 nitrogen and oxygen atoms in total. The summed E-state index contributed by atoms with van der Waals surface area (Å²) in [4.78, 5) is 50.9. The highest BCUT2D eigenvalue weighted by Crippen LogP contribution is 2.35. The summed E-state index contributed by atoms with van der Waals surface area (Å²) in [5.74, 6) is 0.869. The quantitative estimate of drug-likeness (QED) is 0.246. The lowest BCUT2D eigenvalue weighted by atomic mass is 10.0. The second-order valence-electron chi connectivity index (χ2n) is 15.8. The number of fused-ring (bicyclic) bond motifs is 2. The predicted octanol–water partition coefficient (Wildman–Crippen LogP) is 3.88. The molecule has 4 aliphatic heterocycles. The van der Waals surface area contributed by atoms with Crippen molar-refractivity contribution in [2.45, 2.75) is 27.7 Å². The van der Waals surface area contributed by atoms with Crippen LogP contribution in [0.25, 0.3) is 11.4 Å². The van der Waals surface area contributed by atoms with E-state index in [4.69, 9.17) is 5.11 Å². The number of aromatic nitrogens is 10. The van der Waals surface area contributed by atoms with Crippen molar-refractivity contribution in [3.05, 3.63) is 119 Å². The molecule has 1 amide bonds. The van der Waals surface area contributed by atoms with Crippen LogP contribution in [-0.2, 0) is 0 Å². The van der Waals surface area contributed by atoms with Gasteiger partial charge in [-0.15, -0.1) is 0 Å². The Morgan fingerprint density at radius 1 is 0.590 bits per heavy atom. The normalized spacial score (nSPS) is 20.1. The molecular weight excluding hydrogens is 787 g/mol. The van der Waals surface area contributed by atoms with Crippen LogP contribution in [0.4, 0.5) is 20.7 Å². The van der Waals surface area contributed by atoms with Gasteiger partial charge in [-0.1, -0.05) is 12.1 Å². The van der Waals surface area contributed by atoms with Crippen molar-refractivity contribution in [3.8, 4) is 11.4 Å². The molecule has 6 aromatic rings. The molecule has 8 heterocycles. The number of anilines is 2. The standard InChI is InChI=1S/C21H22FN7O.C12H18N4.C9H6FN3O2/c1-13-8-14(2)26-21(25-13)28-11-15-9-27(10-16(15)12-28)20(30)19-17(22)4-3-5-18(19)29-23-6-7-24-29;1-8-3-9(2)15-12(14-8)16-6-10-4-13-5-11(10)7-16;10-6-2-1-3-7(8(6)9(14)15)13-11-4-5-12-13/h3-8,15-16H,9-12H2,1-2H3;3,10-11,13H,4-7H2,1-2H3;1-5H,(H,14,15)/t15-,16+;10-,11+;. The molecule has 4 saturated heterocycles. The van der Waals surface area contributed by atoms with Crippen LogP contribution >= 0.6 is 0 Å². The first-order chi connectivity index (χ1) is 29.4. The van der Waals surface area contributed by atoms with Gasteiger partial charge in [0.15, 0.2) is 0 Å². The van der Waals surface area contributed by atoms with Gasteiger partial charge in [-0.05, 0) is 75.9 Å². The number of aromatic carboxylic acids is 1. The van der Waals surface area contributed by atoms with E-state index in [0.29, 0.717) is 30.6 Å². The number of benzene rings is 2. The van der Waals surface area contributed by atoms with Gasteiger partial charge in [0.05, 0.1) is 24.8 Å². The van der Waals surface area contributed by atoms with Gasteiger partial charge >= 0.3 is 5.97 Å². The van der Waals surface area contributed by atoms with Gasteiger partial charge < -0.3 is 25.1 Å². The smallest absolute Gasteiger partial charge is 0.340 e. The third kappa shape index (κ3) is 8.91. The molecule has 0 radical (unpaired) electrons. The average Bonchev–Trinajstić information content (AvgIpc) is 4.06. The van der Waals surface area contributed by atoms with Gasteiger partial charge in [-0.2, -0.15) is 30.0 Å². The Kier molecular flexibility index (Phi) is 11.7. The number of halogens is 2. The third-order valence-corrected chi connectivity index (χ3v) is 11.3. The summed E-state index contributed by atoms with van der Waals surface area (Å²) in [6, 6.07) is 12.4. The van der Waals surface area contributed by atoms with Crippen LogP contribution in [0.15, 0.2) is 73.3 Å². The largest absolute Gasteiger partial charge is 0.478 e. The van der Waals surface area contributed by atoms with Crippen molar-refractivity contribution in [3.63, 3.8) is 0 Å². The van der Waals surface area contributed by atoms with E-state index >= 15 is 0 Å². The maximum Gasteiger partial charge on any atom is 0.340 e. The number of carboxylic acid groups (broad SMARTS) is 1. The molecule has 0 saturated carbocycles. The van der Waals surface area contributed by atoms with E-state index < -0.39 is 23.2 Å². The second-order valence-corrected chi connectivity index (χ2v) is 15.8. The molecular formula is C42H46F2N14O3. The van der Waals surface area contributed by atoms with Crippen LogP contribution in [-0.4, -0.2) is 124 Å². The second kappa shape index (κ2) is 17.5. The number of nitrogens with zero attached hydrogens (tertiary/aromatic N) is 13. The van der Waals surface area contributed by atoms with Crippen molar-refractivity contribution in [2.75, 3.05) is 62.2 Å². The number of nitrogens with one attached hydrogen (secondary N) is 1. The van der Waals surface area contributed by atoms with Gasteiger partial charge in [-0.25, -0.2) is 33.5 Å². The number of hydrogen-bond acceptors (Lipinski definition) is 13. The first-order valence-corrected chi connectivity index (χ1v) is 20.1. The number of rotatable bonds is 6. The first-order valence-electron chi connectivity index (χ1n) is 20.1. The minimum atomic E-state index is -1.35. The van der Waals surface area contributed by atoms with Crippen molar-refractivity contribution in [1.29, 1.82) is 0 Å². The topological polar surface area (TPSA) is 189 Å². The Morgan fingerprint density at radius 2 is 0.984 bits per heavy atom. The molecule has 4 atom stereocenters. The molecule has 19 heteroatoms. The maximum absolute atomic E-state index is 14.7. The zero-order chi connectivity index (χ0) is 42.8. The Hall–Kier alpha value is -6.76. The van der Waals surface area contributed by atoms with Crippen LogP contribution in [0.1, 0.15) is 43.5 Å². The lowest BCUT2D eigenvalue weighted by Crippen LogP contribution is -2.35. The van der Waals surface area contributed by atoms with Gasteiger partial charge in [0, 0.05) is 87.0 Å². The molecule has 0 spiro atoms. The highest BCUT2D eigenvalue weighted by molar-refractivity contribution is 5.98. The fraction of sp³-hybridized carbons (Fsp3) is 0.381. The molecule has 61 heavy (non-hydrogen) atoms. The number of aryl methyl sites for hydroxylation is 4. The van der Waals surface area contributed by atoms with E-state index in [2.05, 4.69) is 55.4 Å². The van der Waals surface area contributed by atoms with Crippen LogP contribution in [0.3, 0.4) is 0 Å². The molecule has 316 valence electrons. The third-order valence-electron chi connectivity index (χ3n) is 11.3. The van der Waals surface area contributed by atoms with Crippen LogP contribution in [0.2, 0.25) is 0 Å². The number of carboxylic acids is 1. The number of hydrogen-bond donors (Lipinski definition) is 2. The Bertz CT molecular complexity index is 2450. The summed E-state index contributed by atoms with van der Waals surface area (Å²) < 4.78 is 27.9. The first kappa shape index (κ1) is 41.0. The Morgan fingerprint density at radius 3 is 1.41 bits per heavy atom. The average molecular weight is 833 g/mol. The summed E-state index contributed by atoms with van der Waals surface area (Å²) in [6.07, 6.45) is 5.78. The van der Waals surface area contributed by atoms with E-state index in [1.54, 1.807) is 17.0 Å². The molecule has 10 rings (SSSR count). The Balaban J connectivity index is 0.000000139. The summed E-state index contributed by atoms with van der Waals surface area (Å²) in [6.45, 7) is 15.3. The van der Waals surface area contributed by atoms with Gasteiger partial charge in [-0.3, -0.25) is 4.79 Å². The number of likely N-dealkylation sites (tertiary alicyclic amines) is 1. The maximum atomic E-state index is 14.7. The molecule has 4 aliphatic rings. The molecule has 0 aliphatic carbocycles. The van der Waals surface area contributed by atoms with Gasteiger partial charge in [0.2, 0.25) is 11.9 Å². The fourth-order valence-electron chi connectivity index (χ4n) is 8.66. The van der Waals surface area contributed by atoms with E-state index in [0.717, 1.165) is 96.6 Å². The highest BCUT2D eigenvalue weighted by atomic mass is 19.1. The summed E-state index contributed by atoms with van der Waals surface area (Å²) in [7, 11) is 0. The Labute approximate surface area is 350 Å². The van der Waals surface area contributed by atoms with Crippen LogP contribution in [0.5, 0.6) is 0 Å². The van der Waals surface area contributed by atoms with E-state index in [1.165, 1.54) is 47.8 Å². The van der Waals surface area contributed by atoms with E-state index in [1.807, 2.05) is 39.8 Å². The minimum absolute atomic E-state index is 0.0168. The zero-order valence-corrected chi connectivity index (χ0v) is 34.2. The molecule has 2 N–H and O–H groups in total. The molecule has 2 aromatic carbocycles. The lowest BCUT2D eigenvalue weighted by molar-refractivity contribution is 0.0690. The monoisotopic (exact) mass is 832 g/mol. The highest BCUT2D eigenvalue weighted by Gasteiger charge is 2.43. The summed E-state index contributed by atoms with van der Waals surface area (Å²) in [5.41, 5.74) is 4.07. The van der Waals surface area contributed by atoms with Crippen molar-refractivity contribution in [2.24, 2.45) is 23.7 Å². The van der Waals surface area contributed by atoms with Crippen LogP contribution in [0, 0.1) is 63.0 Å². The molecule has 4 aromatic heterocycles. The summed E-state index contributed by atoms with van der Waals surface area (Å²) in [5, 5.41) is 27.9. The van der Waals surface area contributed by atoms with Crippen molar-refractivity contribution < 1.29 is 23.5 Å². The van der Waals surface area contributed by atoms with Crippen molar-refractivity contribution in [1.82, 2.24) is 60.1 Å².